The van der Waals surface area contributed by atoms with E-state index in [0.29, 0.717) is 0 Å². The third kappa shape index (κ3) is 2.75. The molecule has 0 bridgehead atoms. The molecule has 2 heterocycles. The van der Waals surface area contributed by atoms with E-state index in [2.05, 4.69) is 10.3 Å². The molecule has 1 amide bonds. The molecule has 0 spiro atoms. The van der Waals surface area contributed by atoms with Gasteiger partial charge in [-0.25, -0.2) is 0 Å². The number of thioether (sulfide) groups is 1. The number of aliphatic imine (C=N–C) groups is 1. The first-order valence-electron chi connectivity index (χ1n) is 6.49. The maximum Gasteiger partial charge on any atom is 0.273 e. The third-order valence-electron chi connectivity index (χ3n) is 3.26. The Hall–Kier alpha value is -2.55. The first-order chi connectivity index (χ1) is 10.5. The normalized spacial score (nSPS) is 16.1. The number of fused-ring (bicyclic) bond motifs is 1. The van der Waals surface area contributed by atoms with E-state index in [0.717, 1.165) is 30.0 Å². The van der Waals surface area contributed by atoms with Gasteiger partial charge < -0.3 is 15.3 Å². The summed E-state index contributed by atoms with van der Waals surface area (Å²) in [5.41, 5.74) is 0.778. The number of anilines is 1. The van der Waals surface area contributed by atoms with E-state index in [4.69, 9.17) is 0 Å². The van der Waals surface area contributed by atoms with E-state index < -0.39 is 4.92 Å². The Kier molecular flexibility index (Phi) is 3.72. The second-order valence-corrected chi connectivity index (χ2v) is 5.56. The lowest BCUT2D eigenvalue weighted by Crippen LogP contribution is -2.24. The van der Waals surface area contributed by atoms with Gasteiger partial charge >= 0.3 is 0 Å². The molecule has 3 rings (SSSR count). The van der Waals surface area contributed by atoms with Gasteiger partial charge in [0, 0.05) is 18.3 Å². The molecule has 0 aliphatic carbocycles. The molecule has 8 nitrogen and oxygen atoms in total. The van der Waals surface area contributed by atoms with Crippen molar-refractivity contribution in [3.63, 3.8) is 0 Å². The number of hydrogen-bond donors (Lipinski definition) is 2. The fraction of sp³-hybridized carbons (Fsp3) is 0.231. The molecular weight excluding hydrogens is 308 g/mol. The molecule has 0 radical (unpaired) electrons. The molecule has 22 heavy (non-hydrogen) atoms. The number of nitro benzene ring substituents is 1. The number of aromatic hydroxyl groups is 1. The van der Waals surface area contributed by atoms with Gasteiger partial charge in [-0.05, 0) is 11.5 Å². The molecular formula is C13H12N4O4S. The summed E-state index contributed by atoms with van der Waals surface area (Å²) in [6.07, 6.45) is 0.155. The van der Waals surface area contributed by atoms with E-state index in [-0.39, 0.29) is 29.5 Å². The number of phenolic OH excluding ortho intramolecular Hbond substituents is 1. The van der Waals surface area contributed by atoms with E-state index in [9.17, 15) is 20.0 Å². The molecule has 1 aromatic carbocycles. The van der Waals surface area contributed by atoms with Gasteiger partial charge in [0.05, 0.1) is 29.6 Å². The Bertz CT molecular complexity index is 716. The zero-order valence-corrected chi connectivity index (χ0v) is 12.2. The number of nitrogens with zero attached hydrogens (tertiary/aromatic N) is 3. The summed E-state index contributed by atoms with van der Waals surface area (Å²) in [6.45, 7) is 1.49. The van der Waals surface area contributed by atoms with Crippen molar-refractivity contribution in [2.24, 2.45) is 4.99 Å². The number of rotatable bonds is 4. The Morgan fingerprint density at radius 1 is 1.55 bits per heavy atom. The van der Waals surface area contributed by atoms with Crippen LogP contribution in [0.25, 0.3) is 0 Å². The quantitative estimate of drug-likeness (QED) is 0.498. The number of hydrogen-bond acceptors (Lipinski definition) is 7. The highest BCUT2D eigenvalue weighted by atomic mass is 32.2. The van der Waals surface area contributed by atoms with Crippen molar-refractivity contribution in [1.29, 1.82) is 0 Å². The fourth-order valence-corrected chi connectivity index (χ4v) is 3.17. The Labute approximate surface area is 129 Å². The van der Waals surface area contributed by atoms with Gasteiger partial charge in [0.2, 0.25) is 5.91 Å². The molecule has 0 fully saturated rings. The number of amidine groups is 1. The first kappa shape index (κ1) is 14.4. The Morgan fingerprint density at radius 3 is 3.09 bits per heavy atom. The lowest BCUT2D eigenvalue weighted by Gasteiger charge is -2.16. The average Bonchev–Trinajstić information content (AvgIpc) is 3.06. The van der Waals surface area contributed by atoms with E-state index in [1.54, 1.807) is 0 Å². The van der Waals surface area contributed by atoms with Crippen molar-refractivity contribution >= 4 is 34.2 Å². The maximum atomic E-state index is 12.1. The fourth-order valence-electron chi connectivity index (χ4n) is 2.21. The zero-order valence-electron chi connectivity index (χ0n) is 11.4. The van der Waals surface area contributed by atoms with Crippen molar-refractivity contribution in [2.45, 2.75) is 6.42 Å². The largest absolute Gasteiger partial charge is 0.506 e. The predicted octanol–water partition coefficient (Wildman–Crippen LogP) is 1.89. The van der Waals surface area contributed by atoms with Crippen LogP contribution in [-0.2, 0) is 4.79 Å². The van der Waals surface area contributed by atoms with E-state index in [1.807, 2.05) is 10.3 Å². The monoisotopic (exact) mass is 320 g/mol. The highest BCUT2D eigenvalue weighted by molar-refractivity contribution is 8.16. The predicted molar refractivity (Wildman–Crippen MR) is 82.7 cm³/mol. The van der Waals surface area contributed by atoms with Crippen LogP contribution in [0.15, 0.2) is 34.3 Å². The SMILES string of the molecule is O=C(CC1=CSC2=NCCN12)Nc1ccc([N+](=O)[O-])cc1O. The van der Waals surface area contributed by atoms with Gasteiger partial charge in [0.25, 0.3) is 5.69 Å². The maximum absolute atomic E-state index is 12.1. The van der Waals surface area contributed by atoms with Crippen LogP contribution in [-0.4, -0.2) is 39.1 Å². The topological polar surface area (TPSA) is 108 Å². The van der Waals surface area contributed by atoms with Gasteiger partial charge in [-0.2, -0.15) is 0 Å². The van der Waals surface area contributed by atoms with Crippen molar-refractivity contribution in [3.8, 4) is 5.75 Å². The molecule has 0 saturated carbocycles. The van der Waals surface area contributed by atoms with Crippen molar-refractivity contribution in [3.05, 3.63) is 39.4 Å². The van der Waals surface area contributed by atoms with Gasteiger partial charge in [0.1, 0.15) is 5.75 Å². The summed E-state index contributed by atoms with van der Waals surface area (Å²) in [7, 11) is 0. The van der Waals surface area contributed by atoms with Crippen LogP contribution in [0.1, 0.15) is 6.42 Å². The van der Waals surface area contributed by atoms with Crippen molar-refractivity contribution < 1.29 is 14.8 Å². The Balaban J connectivity index is 1.65. The number of amides is 1. The second-order valence-electron chi connectivity index (χ2n) is 4.73. The van der Waals surface area contributed by atoms with E-state index >= 15 is 0 Å². The number of non-ortho nitro benzene ring substituents is 1. The summed E-state index contributed by atoms with van der Waals surface area (Å²) in [6, 6.07) is 3.54. The number of nitrogens with one attached hydrogen (secondary N) is 1. The number of nitro groups is 1. The molecule has 114 valence electrons. The highest BCUT2D eigenvalue weighted by Crippen LogP contribution is 2.32. The number of phenols is 1. The standard InChI is InChI=1S/C13H12N4O4S/c18-11-5-8(17(20)21)1-2-10(11)15-12(19)6-9-7-22-13-14-3-4-16(9)13/h1-2,5,7,18H,3-4,6H2,(H,15,19). The van der Waals surface area contributed by atoms with Crippen LogP contribution in [0.3, 0.4) is 0 Å². The molecule has 0 saturated heterocycles. The van der Waals surface area contributed by atoms with Gasteiger partial charge in [-0.15, -0.1) is 0 Å². The summed E-state index contributed by atoms with van der Waals surface area (Å²) in [5, 5.41) is 25.7. The van der Waals surface area contributed by atoms with Crippen LogP contribution >= 0.6 is 11.8 Å². The molecule has 2 N–H and O–H groups in total. The minimum atomic E-state index is -0.611. The van der Waals surface area contributed by atoms with Crippen LogP contribution in [0.2, 0.25) is 0 Å². The Morgan fingerprint density at radius 2 is 2.36 bits per heavy atom. The lowest BCUT2D eigenvalue weighted by molar-refractivity contribution is -0.384. The zero-order chi connectivity index (χ0) is 15.7. The van der Waals surface area contributed by atoms with Crippen LogP contribution in [0.4, 0.5) is 11.4 Å². The third-order valence-corrected chi connectivity index (χ3v) is 4.21. The average molecular weight is 320 g/mol. The van der Waals surface area contributed by atoms with Crippen LogP contribution in [0.5, 0.6) is 5.75 Å². The van der Waals surface area contributed by atoms with Gasteiger partial charge in [0.15, 0.2) is 5.17 Å². The number of carbonyl (C=O) groups is 1. The summed E-state index contributed by atoms with van der Waals surface area (Å²) in [5.74, 6) is -0.634. The van der Waals surface area contributed by atoms with Gasteiger partial charge in [-0.3, -0.25) is 19.9 Å². The minimum absolute atomic E-state index is 0.150. The van der Waals surface area contributed by atoms with Crippen molar-refractivity contribution in [1.82, 2.24) is 4.90 Å². The molecule has 0 aromatic heterocycles. The van der Waals surface area contributed by atoms with Crippen molar-refractivity contribution in [2.75, 3.05) is 18.4 Å². The summed E-state index contributed by atoms with van der Waals surface area (Å²) in [4.78, 5) is 28.3. The van der Waals surface area contributed by atoms with Gasteiger partial charge in [-0.1, -0.05) is 11.8 Å². The molecule has 1 aromatic rings. The summed E-state index contributed by atoms with van der Waals surface area (Å²) >= 11 is 1.49. The lowest BCUT2D eigenvalue weighted by atomic mass is 10.2. The second kappa shape index (κ2) is 5.68. The first-order valence-corrected chi connectivity index (χ1v) is 7.37. The van der Waals surface area contributed by atoms with E-state index in [1.165, 1.54) is 23.9 Å². The van der Waals surface area contributed by atoms with Crippen LogP contribution in [0, 0.1) is 10.1 Å². The highest BCUT2D eigenvalue weighted by Gasteiger charge is 2.27. The molecule has 9 heteroatoms. The molecule has 0 unspecified atom stereocenters. The molecule has 2 aliphatic rings. The molecule has 2 aliphatic heterocycles. The van der Waals surface area contributed by atoms with Crippen LogP contribution < -0.4 is 5.32 Å². The summed E-state index contributed by atoms with van der Waals surface area (Å²) < 4.78 is 0. The molecule has 0 atom stereocenters. The number of carbonyl (C=O) groups excluding carboxylic acids is 1. The number of benzene rings is 1. The smallest absolute Gasteiger partial charge is 0.273 e. The minimum Gasteiger partial charge on any atom is -0.506 e.